The van der Waals surface area contributed by atoms with Crippen LogP contribution in [0.1, 0.15) is 0 Å². The second-order valence-corrected chi connectivity index (χ2v) is 11.6. The SMILES string of the molecule is c1ccc(N(c2ccc(-c3cc4oc5cccc(-c6cccnc6)c5c4c4ccccc34)cc2)c2ccc3ccccc3c2)cc1. The monoisotopic (exact) mass is 588 g/mol. The normalized spacial score (nSPS) is 11.5. The standard InChI is InChI=1S/C43H28N2O/c1-2-13-33(14-3-1)45(35-24-19-29-10-4-5-11-31(29)26-35)34-22-20-30(21-23-34)39-27-41-43(38-16-7-6-15-37(38)39)42-36(17-8-18-40(42)46-41)32-12-9-25-44-28-32/h1-28H. The molecule has 3 heteroatoms. The van der Waals surface area contributed by atoms with E-state index in [1.54, 1.807) is 0 Å². The molecule has 0 bridgehead atoms. The zero-order valence-electron chi connectivity index (χ0n) is 25.0. The van der Waals surface area contributed by atoms with E-state index in [-0.39, 0.29) is 0 Å². The maximum Gasteiger partial charge on any atom is 0.136 e. The average molecular weight is 589 g/mol. The van der Waals surface area contributed by atoms with Gasteiger partial charge >= 0.3 is 0 Å². The fourth-order valence-corrected chi connectivity index (χ4v) is 6.81. The highest BCUT2D eigenvalue weighted by Crippen LogP contribution is 2.44. The molecule has 0 fully saturated rings. The molecule has 46 heavy (non-hydrogen) atoms. The average Bonchev–Trinajstić information content (AvgIpc) is 3.52. The van der Waals surface area contributed by atoms with Crippen LogP contribution < -0.4 is 4.90 Å². The van der Waals surface area contributed by atoms with Crippen molar-refractivity contribution >= 4 is 60.5 Å². The molecule has 216 valence electrons. The minimum Gasteiger partial charge on any atom is -0.456 e. The first-order valence-electron chi connectivity index (χ1n) is 15.5. The van der Waals surface area contributed by atoms with E-state index < -0.39 is 0 Å². The molecule has 0 aliphatic heterocycles. The zero-order chi connectivity index (χ0) is 30.5. The van der Waals surface area contributed by atoms with Crippen molar-refractivity contribution in [2.24, 2.45) is 0 Å². The first kappa shape index (κ1) is 26.2. The van der Waals surface area contributed by atoms with Crippen molar-refractivity contribution in [3.8, 4) is 22.3 Å². The summed E-state index contributed by atoms with van der Waals surface area (Å²) in [6.07, 6.45) is 3.73. The number of hydrogen-bond acceptors (Lipinski definition) is 3. The highest BCUT2D eigenvalue weighted by molar-refractivity contribution is 6.25. The number of furan rings is 1. The van der Waals surface area contributed by atoms with Crippen molar-refractivity contribution in [3.05, 3.63) is 170 Å². The van der Waals surface area contributed by atoms with Crippen molar-refractivity contribution in [2.45, 2.75) is 0 Å². The number of para-hydroxylation sites is 1. The summed E-state index contributed by atoms with van der Waals surface area (Å²) < 4.78 is 6.57. The molecule has 0 radical (unpaired) electrons. The fraction of sp³-hybridized carbons (Fsp3) is 0. The van der Waals surface area contributed by atoms with Crippen LogP contribution in [0.2, 0.25) is 0 Å². The molecule has 0 unspecified atom stereocenters. The fourth-order valence-electron chi connectivity index (χ4n) is 6.81. The maximum absolute atomic E-state index is 6.57. The molecule has 3 nitrogen and oxygen atoms in total. The van der Waals surface area contributed by atoms with Crippen LogP contribution in [0, 0.1) is 0 Å². The summed E-state index contributed by atoms with van der Waals surface area (Å²) in [6.45, 7) is 0. The predicted molar refractivity (Wildman–Crippen MR) is 192 cm³/mol. The molecule has 0 aliphatic carbocycles. The van der Waals surface area contributed by atoms with E-state index in [2.05, 4.69) is 162 Å². The van der Waals surface area contributed by atoms with E-state index in [1.165, 1.54) is 21.5 Å². The maximum atomic E-state index is 6.57. The Bertz CT molecular complexity index is 2520. The molecule has 0 amide bonds. The minimum atomic E-state index is 0.878. The van der Waals surface area contributed by atoms with Gasteiger partial charge in [-0.05, 0) is 92.8 Å². The summed E-state index contributed by atoms with van der Waals surface area (Å²) in [7, 11) is 0. The smallest absolute Gasteiger partial charge is 0.136 e. The summed E-state index contributed by atoms with van der Waals surface area (Å²) in [6, 6.07) is 55.8. The molecule has 0 spiro atoms. The van der Waals surface area contributed by atoms with E-state index in [4.69, 9.17) is 4.42 Å². The topological polar surface area (TPSA) is 29.3 Å². The van der Waals surface area contributed by atoms with Crippen LogP contribution >= 0.6 is 0 Å². The van der Waals surface area contributed by atoms with E-state index in [0.717, 1.165) is 61.3 Å². The van der Waals surface area contributed by atoms with Crippen LogP contribution in [0.25, 0.3) is 65.7 Å². The summed E-state index contributed by atoms with van der Waals surface area (Å²) in [4.78, 5) is 6.70. The Morgan fingerprint density at radius 1 is 0.435 bits per heavy atom. The van der Waals surface area contributed by atoms with Crippen LogP contribution in [0.4, 0.5) is 17.1 Å². The third kappa shape index (κ3) is 4.33. The third-order valence-corrected chi connectivity index (χ3v) is 8.92. The minimum absolute atomic E-state index is 0.878. The summed E-state index contributed by atoms with van der Waals surface area (Å²) >= 11 is 0. The Morgan fingerprint density at radius 3 is 2.00 bits per heavy atom. The summed E-state index contributed by atoms with van der Waals surface area (Å²) in [5, 5.41) is 7.08. The van der Waals surface area contributed by atoms with Gasteiger partial charge in [0.05, 0.1) is 0 Å². The molecule has 0 atom stereocenters. The van der Waals surface area contributed by atoms with Gasteiger partial charge in [-0.3, -0.25) is 4.98 Å². The number of rotatable bonds is 5. The van der Waals surface area contributed by atoms with Crippen molar-refractivity contribution in [1.29, 1.82) is 0 Å². The lowest BCUT2D eigenvalue weighted by molar-refractivity contribution is 0.669. The van der Waals surface area contributed by atoms with Gasteiger partial charge < -0.3 is 9.32 Å². The molecule has 0 saturated heterocycles. The number of aromatic nitrogens is 1. The Balaban J connectivity index is 1.20. The molecule has 0 N–H and O–H groups in total. The van der Waals surface area contributed by atoms with E-state index >= 15 is 0 Å². The highest BCUT2D eigenvalue weighted by Gasteiger charge is 2.19. The van der Waals surface area contributed by atoms with Gasteiger partial charge in [0.2, 0.25) is 0 Å². The summed E-state index contributed by atoms with van der Waals surface area (Å²) in [5.74, 6) is 0. The molecule has 7 aromatic carbocycles. The summed E-state index contributed by atoms with van der Waals surface area (Å²) in [5.41, 5.74) is 9.58. The Kier molecular flexibility index (Phi) is 6.14. The van der Waals surface area contributed by atoms with Crippen molar-refractivity contribution in [3.63, 3.8) is 0 Å². The lowest BCUT2D eigenvalue weighted by atomic mass is 9.93. The first-order valence-corrected chi connectivity index (χ1v) is 15.5. The van der Waals surface area contributed by atoms with Gasteiger partial charge in [0, 0.05) is 45.8 Å². The van der Waals surface area contributed by atoms with Crippen LogP contribution in [0.3, 0.4) is 0 Å². The lowest BCUT2D eigenvalue weighted by Crippen LogP contribution is -2.09. The lowest BCUT2D eigenvalue weighted by Gasteiger charge is -2.26. The first-order chi connectivity index (χ1) is 22.8. The number of pyridine rings is 1. The van der Waals surface area contributed by atoms with Gasteiger partial charge in [0.25, 0.3) is 0 Å². The van der Waals surface area contributed by atoms with Gasteiger partial charge in [0.15, 0.2) is 0 Å². The van der Waals surface area contributed by atoms with Crippen LogP contribution in [-0.2, 0) is 0 Å². The largest absolute Gasteiger partial charge is 0.456 e. The molecule has 9 rings (SSSR count). The zero-order valence-corrected chi connectivity index (χ0v) is 25.0. The van der Waals surface area contributed by atoms with Crippen LogP contribution in [0.15, 0.2) is 175 Å². The number of hydrogen-bond donors (Lipinski definition) is 0. The van der Waals surface area contributed by atoms with E-state index in [9.17, 15) is 0 Å². The molecule has 2 heterocycles. The Labute approximate surface area is 266 Å². The highest BCUT2D eigenvalue weighted by atomic mass is 16.3. The molecule has 9 aromatic rings. The van der Waals surface area contributed by atoms with E-state index in [0.29, 0.717) is 0 Å². The second kappa shape index (κ2) is 10.8. The number of fused-ring (bicyclic) bond motifs is 6. The van der Waals surface area contributed by atoms with Crippen LogP contribution in [-0.4, -0.2) is 4.98 Å². The molecular weight excluding hydrogens is 560 g/mol. The number of anilines is 3. The molecule has 0 saturated carbocycles. The van der Waals surface area contributed by atoms with Crippen molar-refractivity contribution in [1.82, 2.24) is 4.98 Å². The van der Waals surface area contributed by atoms with Gasteiger partial charge in [-0.25, -0.2) is 0 Å². The van der Waals surface area contributed by atoms with Gasteiger partial charge in [-0.1, -0.05) is 103 Å². The predicted octanol–water partition coefficient (Wildman–Crippen LogP) is 12.1. The van der Waals surface area contributed by atoms with E-state index in [1.807, 2.05) is 18.5 Å². The number of nitrogens with zero attached hydrogens (tertiary/aromatic N) is 2. The van der Waals surface area contributed by atoms with Crippen molar-refractivity contribution < 1.29 is 4.42 Å². The molecule has 0 aliphatic rings. The van der Waals surface area contributed by atoms with Crippen LogP contribution in [0.5, 0.6) is 0 Å². The quantitative estimate of drug-likeness (QED) is 0.200. The molecular formula is C43H28N2O. The van der Waals surface area contributed by atoms with Crippen molar-refractivity contribution in [2.75, 3.05) is 4.90 Å². The number of benzene rings is 7. The second-order valence-electron chi connectivity index (χ2n) is 11.6. The van der Waals surface area contributed by atoms with Gasteiger partial charge in [-0.15, -0.1) is 0 Å². The Hall–Kier alpha value is -6.19. The molecule has 2 aromatic heterocycles. The Morgan fingerprint density at radius 2 is 1.17 bits per heavy atom. The van der Waals surface area contributed by atoms with Gasteiger partial charge in [0.1, 0.15) is 11.2 Å². The van der Waals surface area contributed by atoms with Gasteiger partial charge in [-0.2, -0.15) is 0 Å². The third-order valence-electron chi connectivity index (χ3n) is 8.92.